The van der Waals surface area contributed by atoms with E-state index < -0.39 is 0 Å². The lowest BCUT2D eigenvalue weighted by atomic mass is 10.2. The molecule has 0 atom stereocenters. The molecule has 2 aromatic heterocycles. The number of hydrogen-bond acceptors (Lipinski definition) is 6. The highest BCUT2D eigenvalue weighted by Crippen LogP contribution is 2.29. The zero-order chi connectivity index (χ0) is 22.8. The molecule has 1 aromatic carbocycles. The molecule has 9 heteroatoms. The van der Waals surface area contributed by atoms with E-state index in [1.807, 2.05) is 9.47 Å². The summed E-state index contributed by atoms with van der Waals surface area (Å²) in [5, 5.41) is 9.59. The maximum Gasteiger partial charge on any atom is 0.270 e. The number of rotatable bonds is 7. The smallest absolute Gasteiger partial charge is 0.270 e. The lowest BCUT2D eigenvalue weighted by molar-refractivity contribution is 0.0787. The quantitative estimate of drug-likeness (QED) is 0.424. The second-order valence-corrected chi connectivity index (χ2v) is 9.60. The number of carbonyl (C=O) groups is 2. The first-order valence-corrected chi connectivity index (χ1v) is 12.5. The van der Waals surface area contributed by atoms with Gasteiger partial charge in [-0.1, -0.05) is 29.5 Å². The SMILES string of the molecule is Cc1ccc(-n2c(SCC(=O)c3c[nH]c(C(=O)N4CCCC4)c3)nnc2N2CCCC2)cc1. The number of aromatic amines is 1. The largest absolute Gasteiger partial charge is 0.356 e. The molecule has 5 rings (SSSR count). The third-order valence-corrected chi connectivity index (χ3v) is 7.19. The zero-order valence-electron chi connectivity index (χ0n) is 18.8. The highest BCUT2D eigenvalue weighted by atomic mass is 32.2. The Hall–Kier alpha value is -3.07. The fourth-order valence-electron chi connectivity index (χ4n) is 4.38. The summed E-state index contributed by atoms with van der Waals surface area (Å²) >= 11 is 1.38. The zero-order valence-corrected chi connectivity index (χ0v) is 19.6. The number of carbonyl (C=O) groups excluding carboxylic acids is 2. The van der Waals surface area contributed by atoms with E-state index in [9.17, 15) is 9.59 Å². The van der Waals surface area contributed by atoms with E-state index in [0.29, 0.717) is 16.4 Å². The van der Waals surface area contributed by atoms with E-state index in [1.165, 1.54) is 17.3 Å². The number of thioether (sulfide) groups is 1. The van der Waals surface area contributed by atoms with Gasteiger partial charge < -0.3 is 14.8 Å². The monoisotopic (exact) mass is 464 g/mol. The number of benzene rings is 1. The van der Waals surface area contributed by atoms with Gasteiger partial charge >= 0.3 is 0 Å². The van der Waals surface area contributed by atoms with E-state index in [0.717, 1.165) is 63.5 Å². The predicted molar refractivity (Wildman–Crippen MR) is 129 cm³/mol. The summed E-state index contributed by atoms with van der Waals surface area (Å²) in [4.78, 5) is 32.5. The van der Waals surface area contributed by atoms with Gasteiger partial charge in [-0.3, -0.25) is 14.2 Å². The summed E-state index contributed by atoms with van der Waals surface area (Å²) in [6.07, 6.45) is 6.00. The van der Waals surface area contributed by atoms with Gasteiger partial charge in [-0.05, 0) is 50.8 Å². The molecule has 33 heavy (non-hydrogen) atoms. The summed E-state index contributed by atoms with van der Waals surface area (Å²) < 4.78 is 2.04. The van der Waals surface area contributed by atoms with Crippen molar-refractivity contribution >= 4 is 29.4 Å². The van der Waals surface area contributed by atoms with Crippen molar-refractivity contribution < 1.29 is 9.59 Å². The molecular formula is C24H28N6O2S. The highest BCUT2D eigenvalue weighted by Gasteiger charge is 2.24. The number of hydrogen-bond donors (Lipinski definition) is 1. The van der Waals surface area contributed by atoms with Crippen molar-refractivity contribution in [1.29, 1.82) is 0 Å². The number of aryl methyl sites for hydroxylation is 1. The van der Waals surface area contributed by atoms with Crippen LogP contribution in [0.1, 0.15) is 52.1 Å². The molecule has 0 bridgehead atoms. The fourth-order valence-corrected chi connectivity index (χ4v) is 5.22. The number of nitrogens with zero attached hydrogens (tertiary/aromatic N) is 5. The first-order valence-electron chi connectivity index (χ1n) is 11.5. The Morgan fingerprint density at radius 1 is 1.00 bits per heavy atom. The van der Waals surface area contributed by atoms with Crippen molar-refractivity contribution in [2.45, 2.75) is 37.8 Å². The Bertz CT molecular complexity index is 1140. The second kappa shape index (κ2) is 9.43. The van der Waals surface area contributed by atoms with Gasteiger partial charge in [0.15, 0.2) is 10.9 Å². The van der Waals surface area contributed by atoms with Crippen molar-refractivity contribution in [1.82, 2.24) is 24.6 Å². The maximum absolute atomic E-state index is 12.9. The van der Waals surface area contributed by atoms with Crippen LogP contribution in [0, 0.1) is 6.92 Å². The van der Waals surface area contributed by atoms with E-state index in [1.54, 1.807) is 12.3 Å². The first-order chi connectivity index (χ1) is 16.1. The molecule has 3 aromatic rings. The van der Waals surface area contributed by atoms with Gasteiger partial charge in [-0.2, -0.15) is 0 Å². The molecule has 0 aliphatic carbocycles. The summed E-state index contributed by atoms with van der Waals surface area (Å²) in [6, 6.07) is 9.94. The van der Waals surface area contributed by atoms with Crippen LogP contribution in [0.3, 0.4) is 0 Å². The van der Waals surface area contributed by atoms with Gasteiger partial charge in [0.1, 0.15) is 5.69 Å². The summed E-state index contributed by atoms with van der Waals surface area (Å²) in [6.45, 7) is 5.55. The molecule has 0 unspecified atom stereocenters. The number of anilines is 1. The summed E-state index contributed by atoms with van der Waals surface area (Å²) in [5.41, 5.74) is 3.17. The van der Waals surface area contributed by atoms with Crippen molar-refractivity contribution in [2.24, 2.45) is 0 Å². The van der Waals surface area contributed by atoms with Gasteiger partial charge in [0, 0.05) is 37.9 Å². The minimum atomic E-state index is -0.0436. The molecule has 0 radical (unpaired) electrons. The molecule has 1 amide bonds. The van der Waals surface area contributed by atoms with Gasteiger partial charge in [0.2, 0.25) is 5.95 Å². The molecule has 8 nitrogen and oxygen atoms in total. The average Bonchev–Trinajstić information content (AvgIpc) is 3.64. The van der Waals surface area contributed by atoms with Crippen LogP contribution in [0.25, 0.3) is 5.69 Å². The fraction of sp³-hybridized carbons (Fsp3) is 0.417. The lowest BCUT2D eigenvalue weighted by Gasteiger charge is -2.18. The minimum absolute atomic E-state index is 0.0337. The van der Waals surface area contributed by atoms with Gasteiger partial charge in [0.25, 0.3) is 5.91 Å². The molecule has 2 saturated heterocycles. The average molecular weight is 465 g/mol. The molecule has 4 heterocycles. The number of ketones is 1. The first kappa shape index (κ1) is 21.8. The van der Waals surface area contributed by atoms with Crippen LogP contribution in [0.15, 0.2) is 41.7 Å². The van der Waals surface area contributed by atoms with E-state index >= 15 is 0 Å². The maximum atomic E-state index is 12.9. The number of likely N-dealkylation sites (tertiary alicyclic amines) is 1. The third kappa shape index (κ3) is 4.55. The standard InChI is InChI=1S/C24H28N6O2S/c1-17-6-8-19(9-7-17)30-23(29-12-4-5-13-29)26-27-24(30)33-16-21(31)18-14-20(25-15-18)22(32)28-10-2-3-11-28/h6-9,14-15,25H,2-5,10-13,16H2,1H3. The van der Waals surface area contributed by atoms with Crippen LogP contribution in [0.2, 0.25) is 0 Å². The number of Topliss-reactive ketones (excluding diaryl/α,β-unsaturated/α-hetero) is 1. The Balaban J connectivity index is 1.33. The Morgan fingerprint density at radius 3 is 2.42 bits per heavy atom. The van der Waals surface area contributed by atoms with Crippen LogP contribution in [-0.2, 0) is 0 Å². The van der Waals surface area contributed by atoms with Crippen LogP contribution >= 0.6 is 11.8 Å². The van der Waals surface area contributed by atoms with Crippen molar-refractivity contribution in [3.8, 4) is 5.69 Å². The predicted octanol–water partition coefficient (Wildman–Crippen LogP) is 3.72. The van der Waals surface area contributed by atoms with Gasteiger partial charge in [-0.25, -0.2) is 0 Å². The van der Waals surface area contributed by atoms with Crippen LogP contribution in [0.4, 0.5) is 5.95 Å². The Morgan fingerprint density at radius 2 is 1.70 bits per heavy atom. The van der Waals surface area contributed by atoms with E-state index in [2.05, 4.69) is 51.3 Å². The molecule has 1 N–H and O–H groups in total. The molecule has 2 fully saturated rings. The van der Waals surface area contributed by atoms with E-state index in [-0.39, 0.29) is 17.4 Å². The Labute approximate surface area is 197 Å². The minimum Gasteiger partial charge on any atom is -0.356 e. The lowest BCUT2D eigenvalue weighted by Crippen LogP contribution is -2.27. The van der Waals surface area contributed by atoms with Crippen molar-refractivity contribution in [3.05, 3.63) is 53.3 Å². The molecular weight excluding hydrogens is 436 g/mol. The third-order valence-electron chi connectivity index (χ3n) is 6.26. The second-order valence-electron chi connectivity index (χ2n) is 8.66. The Kier molecular flexibility index (Phi) is 6.22. The van der Waals surface area contributed by atoms with Gasteiger partial charge in [-0.15, -0.1) is 10.2 Å². The van der Waals surface area contributed by atoms with Crippen LogP contribution in [0.5, 0.6) is 0 Å². The molecule has 0 spiro atoms. The molecule has 0 saturated carbocycles. The topological polar surface area (TPSA) is 87.1 Å². The molecule has 2 aliphatic rings. The van der Waals surface area contributed by atoms with Crippen molar-refractivity contribution in [3.63, 3.8) is 0 Å². The van der Waals surface area contributed by atoms with Crippen molar-refractivity contribution in [2.75, 3.05) is 36.8 Å². The van der Waals surface area contributed by atoms with Gasteiger partial charge in [0.05, 0.1) is 11.4 Å². The van der Waals surface area contributed by atoms with Crippen LogP contribution in [-0.4, -0.2) is 68.3 Å². The number of H-pyrrole nitrogens is 1. The summed E-state index contributed by atoms with van der Waals surface area (Å²) in [5.74, 6) is 0.969. The van der Waals surface area contributed by atoms with E-state index in [4.69, 9.17) is 0 Å². The number of amides is 1. The molecule has 2 aliphatic heterocycles. The number of aromatic nitrogens is 4. The molecule has 172 valence electrons. The summed E-state index contributed by atoms with van der Waals surface area (Å²) in [7, 11) is 0. The normalized spacial score (nSPS) is 16.0. The van der Waals surface area contributed by atoms with Crippen LogP contribution < -0.4 is 4.90 Å². The highest BCUT2D eigenvalue weighted by molar-refractivity contribution is 7.99. The number of nitrogens with one attached hydrogen (secondary N) is 1.